The highest BCUT2D eigenvalue weighted by atomic mass is 16.2. The summed E-state index contributed by atoms with van der Waals surface area (Å²) in [5.41, 5.74) is 3.75. The average molecular weight is 351 g/mol. The van der Waals surface area contributed by atoms with Gasteiger partial charge in [-0.15, -0.1) is 0 Å². The zero-order valence-corrected chi connectivity index (χ0v) is 14.5. The lowest BCUT2D eigenvalue weighted by Gasteiger charge is -2.15. The van der Waals surface area contributed by atoms with Gasteiger partial charge < -0.3 is 9.88 Å². The van der Waals surface area contributed by atoms with E-state index in [2.05, 4.69) is 15.4 Å². The third-order valence-electron chi connectivity index (χ3n) is 4.77. The molecule has 7 heteroatoms. The van der Waals surface area contributed by atoms with Gasteiger partial charge in [-0.25, -0.2) is 9.67 Å². The number of nitrogens with zero attached hydrogens (tertiary/aromatic N) is 4. The van der Waals surface area contributed by atoms with Crippen molar-refractivity contribution in [3.8, 4) is 0 Å². The molecular formula is C19H21N5O2. The molecule has 2 heterocycles. The number of carbonyl (C=O) groups is 1. The molecule has 0 radical (unpaired) electrons. The predicted molar refractivity (Wildman–Crippen MR) is 97.9 cm³/mol. The van der Waals surface area contributed by atoms with Gasteiger partial charge in [-0.1, -0.05) is 12.1 Å². The summed E-state index contributed by atoms with van der Waals surface area (Å²) in [6.07, 6.45) is 5.74. The second-order valence-corrected chi connectivity index (χ2v) is 6.60. The number of benzene rings is 1. The maximum absolute atomic E-state index is 12.2. The Balaban J connectivity index is 1.36. The highest BCUT2D eigenvalue weighted by Gasteiger charge is 2.14. The molecule has 0 fully saturated rings. The zero-order chi connectivity index (χ0) is 17.9. The Hall–Kier alpha value is -2.96. The number of rotatable bonds is 5. The molecule has 1 aliphatic rings. The predicted octanol–water partition coefficient (Wildman–Crippen LogP) is 1.29. The minimum atomic E-state index is -0.209. The van der Waals surface area contributed by atoms with Crippen molar-refractivity contribution in [1.82, 2.24) is 24.6 Å². The van der Waals surface area contributed by atoms with Crippen LogP contribution in [-0.2, 0) is 30.7 Å². The topological polar surface area (TPSA) is 81.8 Å². The number of hydrogen-bond acceptors (Lipinski definition) is 4. The fourth-order valence-corrected chi connectivity index (χ4v) is 3.41. The standard InChI is InChI=1S/C19H21N5O2/c25-18(12-24-19(26)11-14-5-1-2-6-15(14)22-24)20-9-10-23-13-21-16-7-3-4-8-17(16)23/h3-4,7-8,11,13H,1-2,5-6,9-10,12H2,(H,20,25). The largest absolute Gasteiger partial charge is 0.353 e. The van der Waals surface area contributed by atoms with Crippen LogP contribution in [0.25, 0.3) is 11.0 Å². The number of carbonyl (C=O) groups excluding carboxylic acids is 1. The van der Waals surface area contributed by atoms with Crippen LogP contribution in [0.15, 0.2) is 41.5 Å². The summed E-state index contributed by atoms with van der Waals surface area (Å²) in [5.74, 6) is -0.209. The molecule has 0 aliphatic heterocycles. The van der Waals surface area contributed by atoms with Gasteiger partial charge in [-0.2, -0.15) is 5.10 Å². The number of fused-ring (bicyclic) bond motifs is 2. The van der Waals surface area contributed by atoms with Crippen LogP contribution in [0.1, 0.15) is 24.1 Å². The van der Waals surface area contributed by atoms with E-state index >= 15 is 0 Å². The molecular weight excluding hydrogens is 330 g/mol. The monoisotopic (exact) mass is 351 g/mol. The molecule has 26 heavy (non-hydrogen) atoms. The van der Waals surface area contributed by atoms with Crippen LogP contribution in [0.5, 0.6) is 0 Å². The van der Waals surface area contributed by atoms with Gasteiger partial charge in [-0.05, 0) is 43.4 Å². The lowest BCUT2D eigenvalue weighted by atomic mass is 9.97. The number of hydrogen-bond donors (Lipinski definition) is 1. The van der Waals surface area contributed by atoms with Crippen molar-refractivity contribution in [3.05, 3.63) is 58.3 Å². The van der Waals surface area contributed by atoms with Crippen molar-refractivity contribution >= 4 is 16.9 Å². The summed E-state index contributed by atoms with van der Waals surface area (Å²) in [6.45, 7) is 1.05. The maximum atomic E-state index is 12.2. The summed E-state index contributed by atoms with van der Waals surface area (Å²) in [5, 5.41) is 7.23. The van der Waals surface area contributed by atoms with Gasteiger partial charge in [0.2, 0.25) is 5.91 Å². The first-order valence-electron chi connectivity index (χ1n) is 8.97. The second-order valence-electron chi connectivity index (χ2n) is 6.60. The zero-order valence-electron chi connectivity index (χ0n) is 14.5. The molecule has 4 rings (SSSR count). The second kappa shape index (κ2) is 7.11. The van der Waals surface area contributed by atoms with E-state index in [9.17, 15) is 9.59 Å². The number of nitrogens with one attached hydrogen (secondary N) is 1. The molecule has 0 saturated carbocycles. The van der Waals surface area contributed by atoms with Crippen molar-refractivity contribution in [2.75, 3.05) is 6.54 Å². The highest BCUT2D eigenvalue weighted by molar-refractivity contribution is 5.76. The summed E-state index contributed by atoms with van der Waals surface area (Å²) >= 11 is 0. The molecule has 1 aliphatic carbocycles. The van der Waals surface area contributed by atoms with Crippen molar-refractivity contribution < 1.29 is 4.79 Å². The molecule has 7 nitrogen and oxygen atoms in total. The summed E-state index contributed by atoms with van der Waals surface area (Å²) in [4.78, 5) is 28.7. The van der Waals surface area contributed by atoms with Gasteiger partial charge in [0.25, 0.3) is 5.56 Å². The Morgan fingerprint density at radius 3 is 2.96 bits per heavy atom. The van der Waals surface area contributed by atoms with Gasteiger partial charge >= 0.3 is 0 Å². The first-order valence-corrected chi connectivity index (χ1v) is 8.97. The summed E-state index contributed by atoms with van der Waals surface area (Å²) in [7, 11) is 0. The third kappa shape index (κ3) is 3.37. The van der Waals surface area contributed by atoms with Gasteiger partial charge in [0, 0.05) is 19.2 Å². The smallest absolute Gasteiger partial charge is 0.267 e. The van der Waals surface area contributed by atoms with Crippen LogP contribution in [0, 0.1) is 0 Å². The first-order chi connectivity index (χ1) is 12.7. The number of para-hydroxylation sites is 2. The van der Waals surface area contributed by atoms with Crippen molar-refractivity contribution in [1.29, 1.82) is 0 Å². The summed E-state index contributed by atoms with van der Waals surface area (Å²) < 4.78 is 3.27. The van der Waals surface area contributed by atoms with Crippen molar-refractivity contribution in [2.45, 2.75) is 38.8 Å². The molecule has 1 aromatic carbocycles. The van der Waals surface area contributed by atoms with E-state index < -0.39 is 0 Å². The Kier molecular flexibility index (Phi) is 4.51. The number of aryl methyl sites for hydroxylation is 2. The van der Waals surface area contributed by atoms with E-state index in [0.29, 0.717) is 13.1 Å². The number of amides is 1. The van der Waals surface area contributed by atoms with Gasteiger partial charge in [0.05, 0.1) is 23.1 Å². The van der Waals surface area contributed by atoms with Crippen LogP contribution in [0.4, 0.5) is 0 Å². The molecule has 0 atom stereocenters. The molecule has 2 aromatic heterocycles. The average Bonchev–Trinajstić information content (AvgIpc) is 3.06. The molecule has 0 spiro atoms. The molecule has 0 bridgehead atoms. The van der Waals surface area contributed by atoms with Crippen LogP contribution in [0.3, 0.4) is 0 Å². The number of imidazole rings is 1. The molecule has 134 valence electrons. The van der Waals surface area contributed by atoms with E-state index in [1.54, 1.807) is 12.4 Å². The van der Waals surface area contributed by atoms with Crippen molar-refractivity contribution in [3.63, 3.8) is 0 Å². The first kappa shape index (κ1) is 16.5. The Morgan fingerprint density at radius 1 is 1.19 bits per heavy atom. The minimum Gasteiger partial charge on any atom is -0.353 e. The van der Waals surface area contributed by atoms with E-state index in [4.69, 9.17) is 0 Å². The van der Waals surface area contributed by atoms with E-state index in [0.717, 1.165) is 48.0 Å². The molecule has 1 N–H and O–H groups in total. The Labute approximate surface area is 150 Å². The molecule has 0 saturated heterocycles. The van der Waals surface area contributed by atoms with Gasteiger partial charge in [0.15, 0.2) is 0 Å². The van der Waals surface area contributed by atoms with Crippen LogP contribution in [-0.4, -0.2) is 31.8 Å². The van der Waals surface area contributed by atoms with E-state index in [1.807, 2.05) is 28.8 Å². The van der Waals surface area contributed by atoms with E-state index in [-0.39, 0.29) is 18.0 Å². The maximum Gasteiger partial charge on any atom is 0.267 e. The fourth-order valence-electron chi connectivity index (χ4n) is 3.41. The van der Waals surface area contributed by atoms with E-state index in [1.165, 1.54) is 4.68 Å². The Morgan fingerprint density at radius 2 is 2.04 bits per heavy atom. The lowest BCUT2D eigenvalue weighted by Crippen LogP contribution is -2.36. The van der Waals surface area contributed by atoms with Crippen molar-refractivity contribution in [2.24, 2.45) is 0 Å². The third-order valence-corrected chi connectivity index (χ3v) is 4.77. The normalized spacial score (nSPS) is 13.5. The van der Waals surface area contributed by atoms with Gasteiger partial charge in [-0.3, -0.25) is 9.59 Å². The van der Waals surface area contributed by atoms with Gasteiger partial charge in [0.1, 0.15) is 6.54 Å². The number of aromatic nitrogens is 4. The summed E-state index contributed by atoms with van der Waals surface area (Å²) in [6, 6.07) is 9.50. The fraction of sp³-hybridized carbons (Fsp3) is 0.368. The molecule has 3 aromatic rings. The molecule has 1 amide bonds. The van der Waals surface area contributed by atoms with Crippen LogP contribution >= 0.6 is 0 Å². The quantitative estimate of drug-likeness (QED) is 0.751. The SMILES string of the molecule is O=C(Cn1nc2c(cc1=O)CCCC2)NCCn1cnc2ccccc21. The van der Waals surface area contributed by atoms with Crippen LogP contribution < -0.4 is 10.9 Å². The minimum absolute atomic E-state index is 0.0449. The highest BCUT2D eigenvalue weighted by Crippen LogP contribution is 2.16. The molecule has 0 unspecified atom stereocenters. The van der Waals surface area contributed by atoms with Crippen LogP contribution in [0.2, 0.25) is 0 Å². The lowest BCUT2D eigenvalue weighted by molar-refractivity contribution is -0.121. The Bertz CT molecular complexity index is 1000.